The van der Waals surface area contributed by atoms with Gasteiger partial charge in [-0.25, -0.2) is 14.3 Å². The molecule has 1 amide bonds. The minimum atomic E-state index is -0.647. The van der Waals surface area contributed by atoms with Gasteiger partial charge in [-0.15, -0.1) is 10.2 Å². The fourth-order valence-corrected chi connectivity index (χ4v) is 4.00. The fraction of sp³-hybridized carbons (Fsp3) is 0.0909. The molecule has 5 aromatic rings. The first-order valence-electron chi connectivity index (χ1n) is 9.95. The number of aromatic nitrogens is 6. The van der Waals surface area contributed by atoms with Crippen LogP contribution < -0.4 is 16.6 Å². The number of thioether (sulfide) groups is 1. The molecule has 0 bridgehead atoms. The molecule has 0 saturated heterocycles. The molecule has 3 aromatic heterocycles. The predicted molar refractivity (Wildman–Crippen MR) is 126 cm³/mol. The second-order valence-corrected chi connectivity index (χ2v) is 8.24. The van der Waals surface area contributed by atoms with Crippen LogP contribution >= 0.6 is 11.8 Å². The number of benzene rings is 2. The van der Waals surface area contributed by atoms with Crippen LogP contribution in [0.3, 0.4) is 0 Å². The summed E-state index contributed by atoms with van der Waals surface area (Å²) in [7, 11) is 0. The average Bonchev–Trinajstić information content (AvgIpc) is 3.16. The number of nitrogens with one attached hydrogen (secondary N) is 3. The summed E-state index contributed by atoms with van der Waals surface area (Å²) >= 11 is 1.09. The van der Waals surface area contributed by atoms with E-state index in [9.17, 15) is 14.4 Å². The van der Waals surface area contributed by atoms with Crippen LogP contribution in [0, 0.1) is 6.92 Å². The smallest absolute Gasteiger partial charge is 0.334 e. The monoisotopic (exact) mass is 459 g/mol. The van der Waals surface area contributed by atoms with Crippen LogP contribution in [0.2, 0.25) is 0 Å². The van der Waals surface area contributed by atoms with Gasteiger partial charge in [0.05, 0.1) is 11.4 Å². The van der Waals surface area contributed by atoms with Gasteiger partial charge in [-0.05, 0) is 25.1 Å². The van der Waals surface area contributed by atoms with Crippen molar-refractivity contribution in [3.8, 4) is 5.69 Å². The Bertz CT molecular complexity index is 1620. The Kier molecular flexibility index (Phi) is 5.23. The lowest BCUT2D eigenvalue weighted by Gasteiger charge is -2.13. The molecule has 10 nitrogen and oxygen atoms in total. The molecule has 0 unspecified atom stereocenters. The average molecular weight is 459 g/mol. The standard InChI is InChI=1S/C22H17N7O3S/c1-12-6-8-13(9-7-12)29-16(10-17(30)25-22(29)32)24-18(31)11-33-21-26-20-19(27-28-21)14-4-2-3-5-15(14)23-20/h2-10H,11H2,1H3,(H,24,31)(H,23,26,28)(H,25,30,32). The van der Waals surface area contributed by atoms with Gasteiger partial charge in [0.1, 0.15) is 11.3 Å². The van der Waals surface area contributed by atoms with Crippen molar-refractivity contribution >= 4 is 45.6 Å². The van der Waals surface area contributed by atoms with E-state index in [1.165, 1.54) is 10.6 Å². The Hall–Kier alpha value is -4.25. The third-order valence-corrected chi connectivity index (χ3v) is 5.77. The van der Waals surface area contributed by atoms with E-state index in [0.717, 1.165) is 28.2 Å². The van der Waals surface area contributed by atoms with Crippen LogP contribution in [0.25, 0.3) is 27.8 Å². The van der Waals surface area contributed by atoms with E-state index in [-0.39, 0.29) is 11.6 Å². The molecular weight excluding hydrogens is 442 g/mol. The van der Waals surface area contributed by atoms with E-state index in [4.69, 9.17) is 0 Å². The number of amides is 1. The number of aromatic amines is 2. The number of fused-ring (bicyclic) bond motifs is 3. The predicted octanol–water partition coefficient (Wildman–Crippen LogP) is 2.38. The zero-order valence-electron chi connectivity index (χ0n) is 17.3. The molecule has 0 saturated carbocycles. The molecule has 0 aliphatic carbocycles. The van der Waals surface area contributed by atoms with E-state index in [2.05, 4.69) is 30.5 Å². The third-order valence-electron chi connectivity index (χ3n) is 4.94. The van der Waals surface area contributed by atoms with Crippen LogP contribution in [0.1, 0.15) is 5.56 Å². The normalized spacial score (nSPS) is 11.2. The Morgan fingerprint density at radius 2 is 1.85 bits per heavy atom. The second-order valence-electron chi connectivity index (χ2n) is 7.29. The maximum atomic E-state index is 12.6. The Morgan fingerprint density at radius 3 is 2.67 bits per heavy atom. The lowest BCUT2D eigenvalue weighted by Crippen LogP contribution is -2.32. The van der Waals surface area contributed by atoms with Crippen molar-refractivity contribution in [1.29, 1.82) is 0 Å². The molecule has 33 heavy (non-hydrogen) atoms. The van der Waals surface area contributed by atoms with Crippen LogP contribution in [-0.2, 0) is 4.79 Å². The zero-order chi connectivity index (χ0) is 22.9. The first kappa shape index (κ1) is 20.6. The molecule has 0 fully saturated rings. The van der Waals surface area contributed by atoms with Crippen molar-refractivity contribution in [3.63, 3.8) is 0 Å². The van der Waals surface area contributed by atoms with Gasteiger partial charge in [0, 0.05) is 17.0 Å². The summed E-state index contributed by atoms with van der Waals surface area (Å²) in [4.78, 5) is 46.7. The topological polar surface area (TPSA) is 138 Å². The van der Waals surface area contributed by atoms with Crippen LogP contribution in [-0.4, -0.2) is 41.4 Å². The van der Waals surface area contributed by atoms with Gasteiger partial charge in [0.15, 0.2) is 5.65 Å². The van der Waals surface area contributed by atoms with Crippen molar-refractivity contribution in [2.45, 2.75) is 12.1 Å². The Morgan fingerprint density at radius 1 is 1.06 bits per heavy atom. The molecule has 0 radical (unpaired) electrons. The highest BCUT2D eigenvalue weighted by Gasteiger charge is 2.14. The van der Waals surface area contributed by atoms with E-state index in [0.29, 0.717) is 22.0 Å². The Labute approximate surface area is 190 Å². The summed E-state index contributed by atoms with van der Waals surface area (Å²) in [5.74, 6) is -0.392. The SMILES string of the molecule is Cc1ccc(-n2c(NC(=O)CSc3nnc4c(n3)[nH]c3ccccc34)cc(=O)[nH]c2=O)cc1. The van der Waals surface area contributed by atoms with Crippen molar-refractivity contribution in [2.24, 2.45) is 0 Å². The summed E-state index contributed by atoms with van der Waals surface area (Å²) in [5.41, 5.74) is 2.41. The van der Waals surface area contributed by atoms with Gasteiger partial charge >= 0.3 is 5.69 Å². The lowest BCUT2D eigenvalue weighted by atomic mass is 10.2. The molecule has 0 spiro atoms. The summed E-state index contributed by atoms with van der Waals surface area (Å²) < 4.78 is 1.23. The Balaban J connectivity index is 1.36. The van der Waals surface area contributed by atoms with Crippen LogP contribution in [0.4, 0.5) is 5.82 Å². The molecule has 0 atom stereocenters. The zero-order valence-corrected chi connectivity index (χ0v) is 18.1. The second kappa shape index (κ2) is 8.36. The van der Waals surface area contributed by atoms with Gasteiger partial charge in [0.25, 0.3) is 5.56 Å². The first-order valence-corrected chi connectivity index (χ1v) is 10.9. The molecule has 5 rings (SSSR count). The van der Waals surface area contributed by atoms with E-state index >= 15 is 0 Å². The summed E-state index contributed by atoms with van der Waals surface area (Å²) in [6, 6.07) is 16.0. The van der Waals surface area contributed by atoms with Gasteiger partial charge in [-0.2, -0.15) is 0 Å². The van der Waals surface area contributed by atoms with Crippen molar-refractivity contribution in [2.75, 3.05) is 11.1 Å². The number of aryl methyl sites for hydroxylation is 1. The van der Waals surface area contributed by atoms with Crippen LogP contribution in [0.5, 0.6) is 0 Å². The van der Waals surface area contributed by atoms with Gasteiger partial charge in [0.2, 0.25) is 11.1 Å². The molecule has 0 aliphatic rings. The van der Waals surface area contributed by atoms with E-state index < -0.39 is 17.2 Å². The molecule has 3 heterocycles. The lowest BCUT2D eigenvalue weighted by molar-refractivity contribution is -0.113. The summed E-state index contributed by atoms with van der Waals surface area (Å²) in [6.45, 7) is 1.92. The highest BCUT2D eigenvalue weighted by Crippen LogP contribution is 2.23. The number of H-pyrrole nitrogens is 2. The highest BCUT2D eigenvalue weighted by atomic mass is 32.2. The van der Waals surface area contributed by atoms with Crippen molar-refractivity contribution in [3.05, 3.63) is 81.0 Å². The van der Waals surface area contributed by atoms with Gasteiger partial charge in [-0.3, -0.25) is 14.6 Å². The van der Waals surface area contributed by atoms with Crippen LogP contribution in [0.15, 0.2) is 69.3 Å². The number of para-hydroxylation sites is 1. The number of anilines is 1. The highest BCUT2D eigenvalue weighted by molar-refractivity contribution is 7.99. The van der Waals surface area contributed by atoms with Crippen molar-refractivity contribution in [1.82, 2.24) is 29.7 Å². The third kappa shape index (κ3) is 4.13. The van der Waals surface area contributed by atoms with E-state index in [1.807, 2.05) is 43.3 Å². The molecule has 0 aliphatic heterocycles. The quantitative estimate of drug-likeness (QED) is 0.343. The molecular formula is C22H17N7O3S. The number of rotatable bonds is 5. The molecule has 3 N–H and O–H groups in total. The molecule has 164 valence electrons. The largest absolute Gasteiger partial charge is 0.338 e. The number of carbonyl (C=O) groups is 1. The number of hydrogen-bond acceptors (Lipinski definition) is 7. The minimum absolute atomic E-state index is 0.0394. The van der Waals surface area contributed by atoms with Crippen molar-refractivity contribution < 1.29 is 4.79 Å². The maximum Gasteiger partial charge on any atom is 0.334 e. The molecule has 11 heteroatoms. The number of carbonyl (C=O) groups excluding carboxylic acids is 1. The van der Waals surface area contributed by atoms with E-state index in [1.54, 1.807) is 12.1 Å². The summed E-state index contributed by atoms with van der Waals surface area (Å²) in [6.07, 6.45) is 0. The number of nitrogens with zero attached hydrogens (tertiary/aromatic N) is 4. The number of hydrogen-bond donors (Lipinski definition) is 3. The minimum Gasteiger partial charge on any atom is -0.338 e. The fourth-order valence-electron chi connectivity index (χ4n) is 3.41. The first-order chi connectivity index (χ1) is 16.0. The van der Waals surface area contributed by atoms with Gasteiger partial charge < -0.3 is 10.3 Å². The maximum absolute atomic E-state index is 12.6. The van der Waals surface area contributed by atoms with Gasteiger partial charge in [-0.1, -0.05) is 47.7 Å². The summed E-state index contributed by atoms with van der Waals surface area (Å²) in [5, 5.41) is 12.2. The molecule has 2 aromatic carbocycles.